The van der Waals surface area contributed by atoms with Crippen LogP contribution in [-0.4, -0.2) is 15.0 Å². The van der Waals surface area contributed by atoms with Gasteiger partial charge in [-0.25, -0.2) is 4.68 Å². The summed E-state index contributed by atoms with van der Waals surface area (Å²) in [5.41, 5.74) is 1.66. The standard InChI is InChI=1S/C7H5BrClN3/c1-12-7-5(10-11-12)3-2-4(8)6(7)9/h2-3H,1H3. The molecule has 0 saturated heterocycles. The fourth-order valence-electron chi connectivity index (χ4n) is 1.08. The molecule has 2 aromatic rings. The van der Waals surface area contributed by atoms with E-state index in [-0.39, 0.29) is 0 Å². The quantitative estimate of drug-likeness (QED) is 0.714. The summed E-state index contributed by atoms with van der Waals surface area (Å²) in [4.78, 5) is 0. The summed E-state index contributed by atoms with van der Waals surface area (Å²) in [6.45, 7) is 0. The fourth-order valence-corrected chi connectivity index (χ4v) is 1.68. The van der Waals surface area contributed by atoms with E-state index in [1.165, 1.54) is 0 Å². The Hall–Kier alpha value is -0.610. The van der Waals surface area contributed by atoms with E-state index in [1.54, 1.807) is 4.68 Å². The monoisotopic (exact) mass is 245 g/mol. The maximum atomic E-state index is 6.02. The first kappa shape index (κ1) is 8.01. The van der Waals surface area contributed by atoms with Crippen molar-refractivity contribution in [1.82, 2.24) is 15.0 Å². The summed E-state index contributed by atoms with van der Waals surface area (Å²) in [5.74, 6) is 0. The molecule has 62 valence electrons. The number of nitrogens with zero attached hydrogens (tertiary/aromatic N) is 3. The van der Waals surface area contributed by atoms with E-state index in [1.807, 2.05) is 19.2 Å². The first-order valence-electron chi connectivity index (χ1n) is 3.33. The lowest BCUT2D eigenvalue weighted by molar-refractivity contribution is 0.736. The summed E-state index contributed by atoms with van der Waals surface area (Å²) in [6.07, 6.45) is 0. The Labute approximate surface area is 82.4 Å². The number of rotatable bonds is 0. The van der Waals surface area contributed by atoms with Gasteiger partial charge in [-0.1, -0.05) is 16.8 Å². The van der Waals surface area contributed by atoms with Crippen molar-refractivity contribution in [2.24, 2.45) is 7.05 Å². The smallest absolute Gasteiger partial charge is 0.114 e. The molecule has 2 rings (SSSR count). The Kier molecular flexibility index (Phi) is 1.81. The van der Waals surface area contributed by atoms with Crippen molar-refractivity contribution in [2.45, 2.75) is 0 Å². The van der Waals surface area contributed by atoms with Gasteiger partial charge >= 0.3 is 0 Å². The molecule has 1 aromatic heterocycles. The lowest BCUT2D eigenvalue weighted by atomic mass is 10.3. The predicted octanol–water partition coefficient (Wildman–Crippen LogP) is 2.38. The second kappa shape index (κ2) is 2.71. The Balaban J connectivity index is 2.96. The van der Waals surface area contributed by atoms with Gasteiger partial charge in [0.25, 0.3) is 0 Å². The second-order valence-corrected chi connectivity index (χ2v) is 3.67. The van der Waals surface area contributed by atoms with Crippen molar-refractivity contribution in [3.8, 4) is 0 Å². The van der Waals surface area contributed by atoms with Gasteiger partial charge in [0.1, 0.15) is 11.0 Å². The molecular formula is C7H5BrClN3. The minimum Gasteiger partial charge on any atom is -0.246 e. The number of aromatic nitrogens is 3. The highest BCUT2D eigenvalue weighted by molar-refractivity contribution is 9.10. The summed E-state index contributed by atoms with van der Waals surface area (Å²) in [5, 5.41) is 8.44. The minimum absolute atomic E-state index is 0.653. The summed E-state index contributed by atoms with van der Waals surface area (Å²) >= 11 is 9.36. The van der Waals surface area contributed by atoms with Crippen LogP contribution >= 0.6 is 27.5 Å². The van der Waals surface area contributed by atoms with Gasteiger partial charge in [0, 0.05) is 11.5 Å². The van der Waals surface area contributed by atoms with Gasteiger partial charge in [-0.15, -0.1) is 5.10 Å². The Bertz CT molecular complexity index is 437. The van der Waals surface area contributed by atoms with Crippen molar-refractivity contribution in [2.75, 3.05) is 0 Å². The molecule has 0 spiro atoms. The highest BCUT2D eigenvalue weighted by Crippen LogP contribution is 2.29. The van der Waals surface area contributed by atoms with E-state index < -0.39 is 0 Å². The maximum Gasteiger partial charge on any atom is 0.114 e. The topological polar surface area (TPSA) is 30.7 Å². The number of fused-ring (bicyclic) bond motifs is 1. The molecule has 0 aliphatic rings. The van der Waals surface area contributed by atoms with Crippen LogP contribution in [0.15, 0.2) is 16.6 Å². The molecule has 0 aliphatic heterocycles. The third-order valence-electron chi connectivity index (χ3n) is 1.66. The molecule has 0 unspecified atom stereocenters. The number of halogens is 2. The van der Waals surface area contributed by atoms with Crippen LogP contribution in [0.5, 0.6) is 0 Å². The number of aryl methyl sites for hydroxylation is 1. The molecule has 0 radical (unpaired) electrons. The van der Waals surface area contributed by atoms with Crippen molar-refractivity contribution >= 4 is 38.6 Å². The molecule has 1 aromatic carbocycles. The van der Waals surface area contributed by atoms with Crippen molar-refractivity contribution < 1.29 is 0 Å². The molecule has 3 nitrogen and oxygen atoms in total. The van der Waals surface area contributed by atoms with Crippen LogP contribution in [0.1, 0.15) is 0 Å². The molecule has 0 saturated carbocycles. The second-order valence-electron chi connectivity index (χ2n) is 2.44. The first-order chi connectivity index (χ1) is 5.70. The van der Waals surface area contributed by atoms with E-state index in [4.69, 9.17) is 11.6 Å². The molecular weight excluding hydrogens is 241 g/mol. The molecule has 0 atom stereocenters. The van der Waals surface area contributed by atoms with Gasteiger partial charge in [-0.2, -0.15) is 0 Å². The summed E-state index contributed by atoms with van der Waals surface area (Å²) in [7, 11) is 1.81. The zero-order valence-corrected chi connectivity index (χ0v) is 8.59. The van der Waals surface area contributed by atoms with Crippen LogP contribution in [-0.2, 0) is 7.05 Å². The van der Waals surface area contributed by atoms with Crippen LogP contribution < -0.4 is 0 Å². The van der Waals surface area contributed by atoms with E-state index in [0.717, 1.165) is 15.5 Å². The van der Waals surface area contributed by atoms with Gasteiger partial charge in [-0.05, 0) is 28.1 Å². The van der Waals surface area contributed by atoms with Gasteiger partial charge in [0.2, 0.25) is 0 Å². The third-order valence-corrected chi connectivity index (χ3v) is 2.93. The van der Waals surface area contributed by atoms with E-state index in [2.05, 4.69) is 26.2 Å². The zero-order valence-electron chi connectivity index (χ0n) is 6.25. The van der Waals surface area contributed by atoms with Crippen LogP contribution in [0, 0.1) is 0 Å². The van der Waals surface area contributed by atoms with E-state index in [0.29, 0.717) is 5.02 Å². The molecule has 0 amide bonds. The first-order valence-corrected chi connectivity index (χ1v) is 4.50. The predicted molar refractivity (Wildman–Crippen MR) is 51.2 cm³/mol. The Morgan fingerprint density at radius 1 is 1.50 bits per heavy atom. The molecule has 0 bridgehead atoms. The fraction of sp³-hybridized carbons (Fsp3) is 0.143. The Morgan fingerprint density at radius 2 is 2.25 bits per heavy atom. The van der Waals surface area contributed by atoms with Crippen LogP contribution in [0.25, 0.3) is 11.0 Å². The van der Waals surface area contributed by atoms with Crippen LogP contribution in [0.2, 0.25) is 5.02 Å². The molecule has 1 heterocycles. The van der Waals surface area contributed by atoms with Crippen molar-refractivity contribution in [1.29, 1.82) is 0 Å². The van der Waals surface area contributed by atoms with Crippen molar-refractivity contribution in [3.63, 3.8) is 0 Å². The number of hydrogen-bond acceptors (Lipinski definition) is 2. The van der Waals surface area contributed by atoms with Gasteiger partial charge < -0.3 is 0 Å². The summed E-state index contributed by atoms with van der Waals surface area (Å²) < 4.78 is 2.52. The highest BCUT2D eigenvalue weighted by Gasteiger charge is 2.07. The number of hydrogen-bond donors (Lipinski definition) is 0. The average molecular weight is 246 g/mol. The SMILES string of the molecule is Cn1nnc2ccc(Br)c(Cl)c21. The summed E-state index contributed by atoms with van der Waals surface area (Å²) in [6, 6.07) is 3.73. The van der Waals surface area contributed by atoms with Gasteiger partial charge in [0.15, 0.2) is 0 Å². The minimum atomic E-state index is 0.653. The third kappa shape index (κ3) is 1.03. The van der Waals surface area contributed by atoms with E-state index in [9.17, 15) is 0 Å². The number of benzene rings is 1. The highest BCUT2D eigenvalue weighted by atomic mass is 79.9. The molecule has 0 N–H and O–H groups in total. The molecule has 12 heavy (non-hydrogen) atoms. The Morgan fingerprint density at radius 3 is 3.00 bits per heavy atom. The van der Waals surface area contributed by atoms with E-state index >= 15 is 0 Å². The maximum absolute atomic E-state index is 6.02. The van der Waals surface area contributed by atoms with Crippen molar-refractivity contribution in [3.05, 3.63) is 21.6 Å². The van der Waals surface area contributed by atoms with Crippen LogP contribution in [0.3, 0.4) is 0 Å². The molecule has 0 fully saturated rings. The largest absolute Gasteiger partial charge is 0.246 e. The average Bonchev–Trinajstić information content (AvgIpc) is 2.41. The van der Waals surface area contributed by atoms with Gasteiger partial charge in [-0.3, -0.25) is 0 Å². The lowest BCUT2D eigenvalue weighted by Crippen LogP contribution is -1.90. The van der Waals surface area contributed by atoms with Crippen LogP contribution in [0.4, 0.5) is 0 Å². The zero-order chi connectivity index (χ0) is 8.72. The molecule has 5 heteroatoms. The van der Waals surface area contributed by atoms with Gasteiger partial charge in [0.05, 0.1) is 5.02 Å². The normalized spacial score (nSPS) is 10.9. The molecule has 0 aliphatic carbocycles. The lowest BCUT2D eigenvalue weighted by Gasteiger charge is -1.97.